The molecule has 18 heavy (non-hydrogen) atoms. The van der Waals surface area contributed by atoms with Crippen molar-refractivity contribution in [3.63, 3.8) is 0 Å². The number of hydrogen-bond acceptors (Lipinski definition) is 2. The Hall–Kier alpha value is -0.540. The fourth-order valence-corrected chi connectivity index (χ4v) is 1.92. The number of hydrogen-bond donors (Lipinski definition) is 0. The van der Waals surface area contributed by atoms with Crippen molar-refractivity contribution in [3.8, 4) is 0 Å². The standard InChI is InChI=1S/C14H28NO2.ClH/c1-6-9-10-15(7-2,8-3)11-12-17-14(16)13(4)5;/h4,6-12H2,1-3,5H3;1H/q+1;/p-1. The second kappa shape index (κ2) is 10.4. The summed E-state index contributed by atoms with van der Waals surface area (Å²) < 4.78 is 6.23. The lowest BCUT2D eigenvalue weighted by Crippen LogP contribution is -3.00. The van der Waals surface area contributed by atoms with E-state index >= 15 is 0 Å². The number of carbonyl (C=O) groups is 1. The number of esters is 1. The highest BCUT2D eigenvalue weighted by molar-refractivity contribution is 5.86. The molecule has 0 spiro atoms. The summed E-state index contributed by atoms with van der Waals surface area (Å²) in [4.78, 5) is 11.3. The van der Waals surface area contributed by atoms with Gasteiger partial charge in [-0.1, -0.05) is 19.9 Å². The summed E-state index contributed by atoms with van der Waals surface area (Å²) in [6, 6.07) is 0. The maximum absolute atomic E-state index is 11.3. The van der Waals surface area contributed by atoms with Crippen LogP contribution in [0.5, 0.6) is 0 Å². The molecule has 0 saturated heterocycles. The molecule has 4 heteroatoms. The Morgan fingerprint density at radius 1 is 1.17 bits per heavy atom. The Morgan fingerprint density at radius 3 is 2.11 bits per heavy atom. The van der Waals surface area contributed by atoms with Crippen molar-refractivity contribution in [1.29, 1.82) is 0 Å². The third kappa shape index (κ3) is 7.02. The van der Waals surface area contributed by atoms with Gasteiger partial charge in [-0.2, -0.15) is 0 Å². The molecule has 0 aromatic heterocycles. The maximum Gasteiger partial charge on any atom is 0.333 e. The lowest BCUT2D eigenvalue weighted by molar-refractivity contribution is -0.925. The van der Waals surface area contributed by atoms with Gasteiger partial charge in [0.1, 0.15) is 13.2 Å². The molecule has 0 amide bonds. The number of halogens is 1. The first-order valence-corrected chi connectivity index (χ1v) is 6.69. The van der Waals surface area contributed by atoms with Gasteiger partial charge in [-0.15, -0.1) is 0 Å². The summed E-state index contributed by atoms with van der Waals surface area (Å²) in [5.41, 5.74) is 0.477. The van der Waals surface area contributed by atoms with Crippen LogP contribution in [0, 0.1) is 0 Å². The Labute approximate surface area is 118 Å². The zero-order valence-corrected chi connectivity index (χ0v) is 13.1. The van der Waals surface area contributed by atoms with Gasteiger partial charge in [0.2, 0.25) is 0 Å². The van der Waals surface area contributed by atoms with E-state index in [2.05, 4.69) is 27.4 Å². The number of likely N-dealkylation sites (N-methyl/N-ethyl adjacent to an activating group) is 1. The third-order valence-electron chi connectivity index (χ3n) is 3.47. The van der Waals surface area contributed by atoms with Crippen LogP contribution < -0.4 is 12.4 Å². The molecule has 0 unspecified atom stereocenters. The molecular weight excluding hydrogens is 250 g/mol. The number of unbranched alkanes of at least 4 members (excludes halogenated alkanes) is 1. The summed E-state index contributed by atoms with van der Waals surface area (Å²) >= 11 is 0. The zero-order chi connectivity index (χ0) is 13.3. The molecule has 0 N–H and O–H groups in total. The van der Waals surface area contributed by atoms with Gasteiger partial charge in [-0.05, 0) is 27.2 Å². The van der Waals surface area contributed by atoms with E-state index in [0.717, 1.165) is 24.1 Å². The number of quaternary nitrogens is 1. The molecule has 0 bridgehead atoms. The SMILES string of the molecule is C=C(C)C(=O)OCC[N+](CC)(CC)CCCC.[Cl-]. The fourth-order valence-electron chi connectivity index (χ4n) is 1.92. The summed E-state index contributed by atoms with van der Waals surface area (Å²) in [6.07, 6.45) is 2.45. The topological polar surface area (TPSA) is 26.3 Å². The Morgan fingerprint density at radius 2 is 1.72 bits per heavy atom. The smallest absolute Gasteiger partial charge is 0.333 e. The monoisotopic (exact) mass is 277 g/mol. The van der Waals surface area contributed by atoms with Crippen LogP contribution in [0.2, 0.25) is 0 Å². The van der Waals surface area contributed by atoms with Gasteiger partial charge >= 0.3 is 5.97 Å². The van der Waals surface area contributed by atoms with E-state index in [1.807, 2.05) is 0 Å². The number of rotatable bonds is 9. The van der Waals surface area contributed by atoms with Crippen molar-refractivity contribution in [2.24, 2.45) is 0 Å². The number of nitrogens with zero attached hydrogens (tertiary/aromatic N) is 1. The summed E-state index contributed by atoms with van der Waals surface area (Å²) in [5.74, 6) is -0.272. The predicted octanol–water partition coefficient (Wildman–Crippen LogP) is -0.234. The molecule has 0 aromatic carbocycles. The summed E-state index contributed by atoms with van der Waals surface area (Å²) in [6.45, 7) is 16.7. The fraction of sp³-hybridized carbons (Fsp3) is 0.786. The lowest BCUT2D eigenvalue weighted by Gasteiger charge is -2.36. The van der Waals surface area contributed by atoms with E-state index in [0.29, 0.717) is 12.2 Å². The molecule has 0 saturated carbocycles. The van der Waals surface area contributed by atoms with Gasteiger partial charge < -0.3 is 21.6 Å². The van der Waals surface area contributed by atoms with Crippen LogP contribution in [0.4, 0.5) is 0 Å². The molecule has 0 aliphatic rings. The van der Waals surface area contributed by atoms with E-state index in [4.69, 9.17) is 4.74 Å². The molecule has 108 valence electrons. The first-order chi connectivity index (χ1) is 8.01. The van der Waals surface area contributed by atoms with Crippen molar-refractivity contribution < 1.29 is 26.4 Å². The van der Waals surface area contributed by atoms with Crippen LogP contribution in [-0.2, 0) is 9.53 Å². The first kappa shape index (κ1) is 19.8. The van der Waals surface area contributed by atoms with Crippen LogP contribution in [0.15, 0.2) is 12.2 Å². The number of ether oxygens (including phenoxy) is 1. The van der Waals surface area contributed by atoms with Crippen LogP contribution >= 0.6 is 0 Å². The minimum Gasteiger partial charge on any atom is -1.00 e. The van der Waals surface area contributed by atoms with E-state index < -0.39 is 0 Å². The molecule has 0 radical (unpaired) electrons. The maximum atomic E-state index is 11.3. The second-order valence-electron chi connectivity index (χ2n) is 4.69. The highest BCUT2D eigenvalue weighted by Crippen LogP contribution is 2.09. The minimum absolute atomic E-state index is 0. The predicted molar refractivity (Wildman–Crippen MR) is 71.8 cm³/mol. The van der Waals surface area contributed by atoms with Crippen molar-refractivity contribution >= 4 is 5.97 Å². The highest BCUT2D eigenvalue weighted by Gasteiger charge is 2.22. The van der Waals surface area contributed by atoms with Crippen LogP contribution in [0.1, 0.15) is 40.5 Å². The molecule has 0 aliphatic carbocycles. The average Bonchev–Trinajstić information content (AvgIpc) is 2.33. The lowest BCUT2D eigenvalue weighted by atomic mass is 10.2. The van der Waals surface area contributed by atoms with Gasteiger partial charge in [0, 0.05) is 5.57 Å². The molecule has 0 atom stereocenters. The van der Waals surface area contributed by atoms with Gasteiger partial charge in [-0.3, -0.25) is 0 Å². The Kier molecular flexibility index (Phi) is 11.4. The normalized spacial score (nSPS) is 10.7. The quantitative estimate of drug-likeness (QED) is 0.331. The molecule has 0 heterocycles. The van der Waals surface area contributed by atoms with E-state index in [1.54, 1.807) is 6.92 Å². The van der Waals surface area contributed by atoms with Crippen molar-refractivity contribution in [2.75, 3.05) is 32.8 Å². The van der Waals surface area contributed by atoms with Crippen molar-refractivity contribution in [3.05, 3.63) is 12.2 Å². The summed E-state index contributed by atoms with van der Waals surface area (Å²) in [5, 5.41) is 0. The Balaban J connectivity index is 0. The second-order valence-corrected chi connectivity index (χ2v) is 4.69. The summed E-state index contributed by atoms with van der Waals surface area (Å²) in [7, 11) is 0. The average molecular weight is 278 g/mol. The minimum atomic E-state index is -0.272. The van der Waals surface area contributed by atoms with E-state index in [9.17, 15) is 4.79 Å². The van der Waals surface area contributed by atoms with E-state index in [-0.39, 0.29) is 18.4 Å². The molecule has 0 aromatic rings. The van der Waals surface area contributed by atoms with Gasteiger partial charge in [-0.25, -0.2) is 4.79 Å². The number of carbonyl (C=O) groups excluding carboxylic acids is 1. The van der Waals surface area contributed by atoms with Gasteiger partial charge in [0.25, 0.3) is 0 Å². The largest absolute Gasteiger partial charge is 1.00 e. The molecule has 0 fully saturated rings. The molecular formula is C14H28ClNO2. The van der Waals surface area contributed by atoms with Crippen molar-refractivity contribution in [1.82, 2.24) is 0 Å². The van der Waals surface area contributed by atoms with Crippen molar-refractivity contribution in [2.45, 2.75) is 40.5 Å². The third-order valence-corrected chi connectivity index (χ3v) is 3.47. The zero-order valence-electron chi connectivity index (χ0n) is 12.3. The first-order valence-electron chi connectivity index (χ1n) is 6.69. The van der Waals surface area contributed by atoms with Crippen LogP contribution in [0.3, 0.4) is 0 Å². The van der Waals surface area contributed by atoms with E-state index in [1.165, 1.54) is 19.4 Å². The molecule has 0 rings (SSSR count). The van der Waals surface area contributed by atoms with Gasteiger partial charge in [0.05, 0.1) is 19.6 Å². The van der Waals surface area contributed by atoms with Crippen LogP contribution in [0.25, 0.3) is 0 Å². The molecule has 0 aliphatic heterocycles. The Bertz CT molecular complexity index is 250. The highest BCUT2D eigenvalue weighted by atomic mass is 35.5. The van der Waals surface area contributed by atoms with Crippen LogP contribution in [-0.4, -0.2) is 43.2 Å². The molecule has 3 nitrogen and oxygen atoms in total. The van der Waals surface area contributed by atoms with Gasteiger partial charge in [0.15, 0.2) is 0 Å².